The number of hydrogen-bond acceptors (Lipinski definition) is 9. The number of hydrogen-bond donors (Lipinski definition) is 3. The summed E-state index contributed by atoms with van der Waals surface area (Å²) >= 11 is 1.08. The number of amides is 4. The molecule has 1 aliphatic heterocycles. The van der Waals surface area contributed by atoms with Gasteiger partial charge in [-0.2, -0.15) is 13.7 Å². The predicted octanol–water partition coefficient (Wildman–Crippen LogP) is -1.07. The van der Waals surface area contributed by atoms with Gasteiger partial charge in [0.1, 0.15) is 11.8 Å². The average molecular weight is 402 g/mol. The molecule has 2 rings (SSSR count). The number of β-lactam (4-membered cyclic amide) rings is 1. The zero-order valence-electron chi connectivity index (χ0n) is 13.4. The van der Waals surface area contributed by atoms with Crippen LogP contribution in [0, 0.1) is 18.3 Å². The van der Waals surface area contributed by atoms with Gasteiger partial charge in [-0.25, -0.2) is 14.2 Å². The van der Waals surface area contributed by atoms with Gasteiger partial charge in [-0.1, -0.05) is 5.16 Å². The van der Waals surface area contributed by atoms with Crippen molar-refractivity contribution in [3.05, 3.63) is 11.8 Å². The second-order valence-corrected chi connectivity index (χ2v) is 7.46. The lowest BCUT2D eigenvalue weighted by molar-refractivity contribution is -0.142. The van der Waals surface area contributed by atoms with Crippen molar-refractivity contribution in [1.82, 2.24) is 20.1 Å². The third-order valence-corrected chi connectivity index (χ3v) is 4.72. The number of nitriles is 1. The van der Waals surface area contributed by atoms with E-state index in [-0.39, 0.29) is 23.9 Å². The van der Waals surface area contributed by atoms with Crippen molar-refractivity contribution in [2.24, 2.45) is 0 Å². The highest BCUT2D eigenvalue weighted by atomic mass is 32.2. The molecule has 1 saturated heterocycles. The van der Waals surface area contributed by atoms with Gasteiger partial charge in [0.25, 0.3) is 5.91 Å². The third kappa shape index (κ3) is 5.10. The number of aryl methyl sites for hydroxylation is 1. The number of likely N-dealkylation sites (tertiary alicyclic amines) is 1. The molecule has 0 saturated carbocycles. The first-order valence-corrected chi connectivity index (χ1v) is 9.69. The topological polar surface area (TPSA) is 174 Å². The van der Waals surface area contributed by atoms with Crippen molar-refractivity contribution in [3.8, 4) is 6.07 Å². The fourth-order valence-electron chi connectivity index (χ4n) is 1.89. The molecule has 26 heavy (non-hydrogen) atoms. The highest BCUT2D eigenvalue weighted by Crippen LogP contribution is 2.12. The number of aromatic nitrogens is 1. The Morgan fingerprint density at radius 1 is 1.54 bits per heavy atom. The second-order valence-electron chi connectivity index (χ2n) is 5.06. The number of thioether (sulfide) groups is 1. The lowest BCUT2D eigenvalue weighted by Gasteiger charge is -2.36. The summed E-state index contributed by atoms with van der Waals surface area (Å²) in [5.41, 5.74) is 0. The van der Waals surface area contributed by atoms with E-state index in [9.17, 15) is 22.8 Å². The molecule has 0 spiro atoms. The maximum absolute atomic E-state index is 11.9. The van der Waals surface area contributed by atoms with E-state index in [1.165, 1.54) is 6.07 Å². The highest BCUT2D eigenvalue weighted by Gasteiger charge is 2.42. The third-order valence-electron chi connectivity index (χ3n) is 3.00. The lowest BCUT2D eigenvalue weighted by atomic mass is 10.1. The Morgan fingerprint density at radius 2 is 2.27 bits per heavy atom. The fraction of sp³-hybridized carbons (Fsp3) is 0.417. The summed E-state index contributed by atoms with van der Waals surface area (Å²) in [6, 6.07) is 1.08. The maximum Gasteiger partial charge on any atom is 0.339 e. The number of carbonyl (C=O) groups excluding carboxylic acids is 3. The molecule has 0 unspecified atom stereocenters. The van der Waals surface area contributed by atoms with Crippen LogP contribution in [-0.2, 0) is 19.8 Å². The van der Waals surface area contributed by atoms with Gasteiger partial charge >= 0.3 is 16.2 Å². The van der Waals surface area contributed by atoms with Crippen LogP contribution in [0.4, 0.5) is 10.6 Å². The van der Waals surface area contributed by atoms with Crippen LogP contribution in [0.5, 0.6) is 0 Å². The second kappa shape index (κ2) is 8.06. The van der Waals surface area contributed by atoms with Crippen molar-refractivity contribution in [1.29, 1.82) is 5.26 Å². The SMILES string of the molecule is Cc1cc(NS(=O)(=O)NC(=O)N2C[C@H](NC(=O)CSCC#N)C2=O)no1. The number of anilines is 1. The standard InChI is InChI=1S/C12H14N6O6S2/c1-7-4-9(15-24-7)16-26(22,23)17-12(21)18-5-8(11(18)20)14-10(19)6-25-3-2-13/h4,8H,3,5-6H2,1H3,(H,14,19)(H,15,16)(H,17,21)/t8-/m0/s1. The van der Waals surface area contributed by atoms with Crippen molar-refractivity contribution in [2.45, 2.75) is 13.0 Å². The molecule has 14 heteroatoms. The minimum absolute atomic E-state index is 0.00104. The molecule has 1 aromatic heterocycles. The van der Waals surface area contributed by atoms with E-state index in [4.69, 9.17) is 5.26 Å². The summed E-state index contributed by atoms with van der Waals surface area (Å²) in [6.07, 6.45) is 0. The van der Waals surface area contributed by atoms with Crippen molar-refractivity contribution in [2.75, 3.05) is 22.8 Å². The van der Waals surface area contributed by atoms with Crippen LogP contribution in [0.15, 0.2) is 10.6 Å². The largest absolute Gasteiger partial charge is 0.360 e. The Labute approximate surface area is 152 Å². The number of carbonyl (C=O) groups is 3. The first-order chi connectivity index (χ1) is 12.2. The van der Waals surface area contributed by atoms with Gasteiger partial charge in [-0.05, 0) is 6.92 Å². The predicted molar refractivity (Wildman–Crippen MR) is 88.9 cm³/mol. The molecule has 140 valence electrons. The Kier molecular flexibility index (Phi) is 6.05. The zero-order valence-corrected chi connectivity index (χ0v) is 15.0. The Balaban J connectivity index is 1.81. The summed E-state index contributed by atoms with van der Waals surface area (Å²) in [4.78, 5) is 35.9. The number of rotatable bonds is 7. The quantitative estimate of drug-likeness (QED) is 0.379. The van der Waals surface area contributed by atoms with Crippen LogP contribution < -0.4 is 14.8 Å². The number of imide groups is 1. The van der Waals surface area contributed by atoms with Gasteiger partial charge in [0.05, 0.1) is 24.1 Å². The molecule has 1 aliphatic rings. The number of urea groups is 1. The fourth-order valence-corrected chi connectivity index (χ4v) is 3.11. The van der Waals surface area contributed by atoms with Gasteiger partial charge in [0.2, 0.25) is 5.91 Å². The molecule has 0 radical (unpaired) electrons. The Morgan fingerprint density at radius 3 is 2.85 bits per heavy atom. The minimum atomic E-state index is -4.31. The van der Waals surface area contributed by atoms with Crippen LogP contribution in [-0.4, -0.2) is 60.4 Å². The normalized spacial score (nSPS) is 16.4. The average Bonchev–Trinajstić information content (AvgIpc) is 2.94. The van der Waals surface area contributed by atoms with E-state index in [0.717, 1.165) is 11.8 Å². The molecule has 0 aliphatic carbocycles. The molecule has 1 atom stereocenters. The summed E-state index contributed by atoms with van der Waals surface area (Å²) < 4.78 is 31.9. The molecular weight excluding hydrogens is 388 g/mol. The van der Waals surface area contributed by atoms with Crippen LogP contribution in [0.1, 0.15) is 5.76 Å². The molecule has 0 bridgehead atoms. The first kappa shape index (κ1) is 19.5. The van der Waals surface area contributed by atoms with Crippen molar-refractivity contribution < 1.29 is 27.3 Å². The van der Waals surface area contributed by atoms with E-state index in [2.05, 4.69) is 15.0 Å². The van der Waals surface area contributed by atoms with Crippen molar-refractivity contribution >= 4 is 45.6 Å². The van der Waals surface area contributed by atoms with Crippen LogP contribution in [0.25, 0.3) is 0 Å². The number of nitrogens with one attached hydrogen (secondary N) is 3. The molecular formula is C12H14N6O6S2. The first-order valence-electron chi connectivity index (χ1n) is 7.05. The Bertz CT molecular complexity index is 860. The van der Waals surface area contributed by atoms with Gasteiger partial charge < -0.3 is 9.84 Å². The summed E-state index contributed by atoms with van der Waals surface area (Å²) in [5.74, 6) is -0.834. The maximum atomic E-state index is 11.9. The smallest absolute Gasteiger partial charge is 0.339 e. The van der Waals surface area contributed by atoms with Gasteiger partial charge in [0.15, 0.2) is 5.82 Å². The number of nitrogens with zero attached hydrogens (tertiary/aromatic N) is 3. The van der Waals surface area contributed by atoms with Crippen LogP contribution >= 0.6 is 11.8 Å². The van der Waals surface area contributed by atoms with E-state index < -0.39 is 34.1 Å². The van der Waals surface area contributed by atoms with E-state index >= 15 is 0 Å². The molecule has 1 aromatic rings. The monoisotopic (exact) mass is 402 g/mol. The zero-order chi connectivity index (χ0) is 19.3. The van der Waals surface area contributed by atoms with E-state index in [1.807, 2.05) is 10.8 Å². The Hall–Kier alpha value is -2.79. The van der Waals surface area contributed by atoms with E-state index in [1.54, 1.807) is 11.6 Å². The van der Waals surface area contributed by atoms with E-state index in [0.29, 0.717) is 10.7 Å². The highest BCUT2D eigenvalue weighted by molar-refractivity contribution is 8.00. The van der Waals surface area contributed by atoms with Crippen LogP contribution in [0.2, 0.25) is 0 Å². The summed E-state index contributed by atoms with van der Waals surface area (Å²) in [7, 11) is -4.31. The molecule has 4 amide bonds. The summed E-state index contributed by atoms with van der Waals surface area (Å²) in [5, 5.41) is 14.2. The molecule has 2 heterocycles. The van der Waals surface area contributed by atoms with Crippen molar-refractivity contribution in [3.63, 3.8) is 0 Å². The van der Waals surface area contributed by atoms with Gasteiger partial charge in [-0.3, -0.25) is 14.5 Å². The van der Waals surface area contributed by atoms with Gasteiger partial charge in [-0.15, -0.1) is 11.8 Å². The lowest BCUT2D eigenvalue weighted by Crippen LogP contribution is -2.67. The van der Waals surface area contributed by atoms with Crippen LogP contribution in [0.3, 0.4) is 0 Å². The van der Waals surface area contributed by atoms with Gasteiger partial charge in [0, 0.05) is 6.07 Å². The summed E-state index contributed by atoms with van der Waals surface area (Å²) in [6.45, 7) is 1.38. The molecule has 3 N–H and O–H groups in total. The molecule has 12 nitrogen and oxygen atoms in total. The molecule has 0 aromatic carbocycles. The molecule has 1 fully saturated rings. The minimum Gasteiger partial charge on any atom is -0.360 e.